The van der Waals surface area contributed by atoms with Gasteiger partial charge in [-0.1, -0.05) is 0 Å². The maximum absolute atomic E-state index is 5.63. The van der Waals surface area contributed by atoms with Gasteiger partial charge in [0.15, 0.2) is 0 Å². The summed E-state index contributed by atoms with van der Waals surface area (Å²) >= 11 is 12.3. The molecule has 0 heterocycles. The van der Waals surface area contributed by atoms with Gasteiger partial charge in [0.25, 0.3) is 0 Å². The summed E-state index contributed by atoms with van der Waals surface area (Å²) in [4.78, 5) is -0.170. The second-order valence-electron chi connectivity index (χ2n) is 1.81. The van der Waals surface area contributed by atoms with Gasteiger partial charge in [-0.15, -0.1) is 0 Å². The van der Waals surface area contributed by atoms with E-state index in [2.05, 4.69) is 6.58 Å². The molecule has 0 bridgehead atoms. The van der Waals surface area contributed by atoms with Crippen LogP contribution in [-0.4, -0.2) is 30.6 Å². The summed E-state index contributed by atoms with van der Waals surface area (Å²) in [6, 6.07) is 0. The fourth-order valence-electron chi connectivity index (χ4n) is 0.423. The second-order valence-corrected chi connectivity index (χ2v) is 5.85. The number of rotatable bonds is 4. The van der Waals surface area contributed by atoms with Crippen molar-refractivity contribution in [2.24, 2.45) is 0 Å². The zero-order valence-corrected chi connectivity index (χ0v) is 10.5. The summed E-state index contributed by atoms with van der Waals surface area (Å²) in [6.07, 6.45) is 4.03. The predicted molar refractivity (Wildman–Crippen MR) is 44.4 cm³/mol. The van der Waals surface area contributed by atoms with Gasteiger partial charge in [-0.3, -0.25) is 0 Å². The van der Waals surface area contributed by atoms with Crippen LogP contribution in [-0.2, 0) is 0 Å². The molecule has 0 aliphatic rings. The first-order valence-corrected chi connectivity index (χ1v) is 5.90. The van der Waals surface area contributed by atoms with E-state index in [0.717, 1.165) is 38.6 Å². The van der Waals surface area contributed by atoms with Crippen molar-refractivity contribution in [2.75, 3.05) is 0 Å². The van der Waals surface area contributed by atoms with Gasteiger partial charge in [0.2, 0.25) is 0 Å². The molecule has 0 aromatic rings. The SMILES string of the molecule is C=CCC[CH]([Pb])C(Cl)Cl. The zero-order valence-electron chi connectivity index (χ0n) is 5.11. The molecular formula is C6H9Cl2Pb. The molecule has 0 aromatic heterocycles. The Morgan fingerprint density at radius 2 is 2.11 bits per heavy atom. The van der Waals surface area contributed by atoms with Crippen LogP contribution in [0.2, 0.25) is 3.48 Å². The average molecular weight is 359 g/mol. The first-order chi connectivity index (χ1) is 4.18. The van der Waals surface area contributed by atoms with Gasteiger partial charge in [-0.2, -0.15) is 0 Å². The Morgan fingerprint density at radius 1 is 1.56 bits per heavy atom. The van der Waals surface area contributed by atoms with Gasteiger partial charge in [-0.25, -0.2) is 0 Å². The average Bonchev–Trinajstić information content (AvgIpc) is 1.82. The number of alkyl halides is 2. The Hall–Kier alpha value is 1.24. The monoisotopic (exact) mass is 359 g/mol. The molecule has 0 aliphatic heterocycles. The van der Waals surface area contributed by atoms with Crippen LogP contribution < -0.4 is 0 Å². The molecule has 0 N–H and O–H groups in total. The maximum atomic E-state index is 5.63. The molecule has 0 saturated carbocycles. The number of hydrogen-bond acceptors (Lipinski definition) is 0. The van der Waals surface area contributed by atoms with Crippen LogP contribution in [0.4, 0.5) is 0 Å². The summed E-state index contributed by atoms with van der Waals surface area (Å²) in [7, 11) is 0. The molecule has 3 radical (unpaired) electrons. The van der Waals surface area contributed by atoms with Crippen LogP contribution >= 0.6 is 23.2 Å². The van der Waals surface area contributed by atoms with E-state index >= 15 is 0 Å². The molecule has 0 nitrogen and oxygen atoms in total. The molecule has 9 heavy (non-hydrogen) atoms. The summed E-state index contributed by atoms with van der Waals surface area (Å²) in [5.74, 6) is 0. The summed E-state index contributed by atoms with van der Waals surface area (Å²) < 4.78 is 0.520. The van der Waals surface area contributed by atoms with Gasteiger partial charge < -0.3 is 0 Å². The third kappa shape index (κ3) is 5.67. The van der Waals surface area contributed by atoms with Crippen molar-refractivity contribution in [3.8, 4) is 0 Å². The molecule has 0 fully saturated rings. The van der Waals surface area contributed by atoms with E-state index in [-0.39, 0.29) is 4.84 Å². The van der Waals surface area contributed by atoms with Gasteiger partial charge >= 0.3 is 82.8 Å². The standard InChI is InChI=1S/C6H9Cl2.Pb/c1-2-3-4-5-6(7)8;/h2,5-6H,1,3-4H2;. The quantitative estimate of drug-likeness (QED) is 0.411. The van der Waals surface area contributed by atoms with Crippen molar-refractivity contribution in [3.63, 3.8) is 0 Å². The van der Waals surface area contributed by atoms with Crippen LogP contribution in [0.5, 0.6) is 0 Å². The Morgan fingerprint density at radius 3 is 2.44 bits per heavy atom. The molecule has 0 aliphatic carbocycles. The van der Waals surface area contributed by atoms with Crippen LogP contribution in [0, 0.1) is 0 Å². The molecule has 0 amide bonds. The van der Waals surface area contributed by atoms with E-state index in [1.807, 2.05) is 6.08 Å². The summed E-state index contributed by atoms with van der Waals surface area (Å²) in [6.45, 7) is 3.62. The van der Waals surface area contributed by atoms with E-state index in [1.165, 1.54) is 0 Å². The molecule has 1 unspecified atom stereocenters. The third-order valence-corrected chi connectivity index (χ3v) is 5.66. The van der Waals surface area contributed by atoms with Gasteiger partial charge in [0.1, 0.15) is 0 Å². The Kier molecular flexibility index (Phi) is 6.81. The zero-order chi connectivity index (χ0) is 7.28. The molecular weight excluding hydrogens is 350 g/mol. The third-order valence-electron chi connectivity index (χ3n) is 0.986. The van der Waals surface area contributed by atoms with Crippen LogP contribution in [0.3, 0.4) is 0 Å². The molecule has 51 valence electrons. The fraction of sp³-hybridized carbons (Fsp3) is 0.667. The molecule has 0 spiro atoms. The summed E-state index contributed by atoms with van der Waals surface area (Å²) in [5, 5.41) is 0. The van der Waals surface area contributed by atoms with Crippen molar-refractivity contribution in [1.29, 1.82) is 0 Å². The molecule has 0 rings (SSSR count). The minimum atomic E-state index is -0.170. The molecule has 0 aromatic carbocycles. The summed E-state index contributed by atoms with van der Waals surface area (Å²) in [5.41, 5.74) is 0. The number of hydrogen-bond donors (Lipinski definition) is 0. The van der Waals surface area contributed by atoms with E-state index < -0.39 is 0 Å². The van der Waals surface area contributed by atoms with Crippen LogP contribution in [0.1, 0.15) is 12.8 Å². The fourth-order valence-corrected chi connectivity index (χ4v) is 1.32. The van der Waals surface area contributed by atoms with Crippen molar-refractivity contribution in [1.82, 2.24) is 0 Å². The molecule has 1 atom stereocenters. The number of halogens is 2. The van der Waals surface area contributed by atoms with E-state index in [0.29, 0.717) is 3.48 Å². The van der Waals surface area contributed by atoms with E-state index in [4.69, 9.17) is 23.2 Å². The van der Waals surface area contributed by atoms with Crippen LogP contribution in [0.25, 0.3) is 0 Å². The Balaban J connectivity index is 3.26. The minimum absolute atomic E-state index is 0.170. The van der Waals surface area contributed by atoms with Crippen molar-refractivity contribution < 1.29 is 0 Å². The Bertz CT molecular complexity index is 83.1. The molecule has 0 saturated heterocycles. The first-order valence-electron chi connectivity index (χ1n) is 2.78. The predicted octanol–water partition coefficient (Wildman–Crippen LogP) is 2.71. The van der Waals surface area contributed by atoms with E-state index in [1.54, 1.807) is 0 Å². The topological polar surface area (TPSA) is 0 Å². The van der Waals surface area contributed by atoms with Gasteiger partial charge in [0.05, 0.1) is 0 Å². The number of allylic oxidation sites excluding steroid dienone is 1. The van der Waals surface area contributed by atoms with Crippen molar-refractivity contribution in [3.05, 3.63) is 12.7 Å². The Labute approximate surface area is 82.3 Å². The van der Waals surface area contributed by atoms with Gasteiger partial charge in [-0.05, 0) is 0 Å². The van der Waals surface area contributed by atoms with Crippen molar-refractivity contribution in [2.45, 2.75) is 21.2 Å². The van der Waals surface area contributed by atoms with Crippen molar-refractivity contribution >= 4 is 49.0 Å². The molecule has 3 heteroatoms. The normalized spacial score (nSPS) is 13.8. The second kappa shape index (κ2) is 5.99. The van der Waals surface area contributed by atoms with Crippen LogP contribution in [0.15, 0.2) is 12.7 Å². The van der Waals surface area contributed by atoms with Gasteiger partial charge in [0, 0.05) is 0 Å². The van der Waals surface area contributed by atoms with E-state index in [9.17, 15) is 0 Å². The first kappa shape index (κ1) is 10.2.